The highest BCUT2D eigenvalue weighted by molar-refractivity contribution is 7.80. The molecule has 0 bridgehead atoms. The van der Waals surface area contributed by atoms with E-state index in [-0.39, 0.29) is 5.91 Å². The Hall–Kier alpha value is -1.42. The average Bonchev–Trinajstić information content (AvgIpc) is 2.47. The average molecular weight is 276 g/mol. The number of carbonyl (C=O) groups is 1. The predicted octanol–water partition coefficient (Wildman–Crippen LogP) is 2.87. The van der Waals surface area contributed by atoms with Gasteiger partial charge in [0.2, 0.25) is 0 Å². The van der Waals surface area contributed by atoms with Crippen LogP contribution in [0.2, 0.25) is 0 Å². The van der Waals surface area contributed by atoms with Crippen molar-refractivity contribution in [1.82, 2.24) is 10.6 Å². The molecule has 4 heteroatoms. The Balaban J connectivity index is 1.73. The second kappa shape index (κ2) is 7.24. The molecule has 0 heterocycles. The molecule has 1 aliphatic rings. The summed E-state index contributed by atoms with van der Waals surface area (Å²) in [7, 11) is 0. The number of hydrogen-bond acceptors (Lipinski definition) is 2. The lowest BCUT2D eigenvalue weighted by atomic mass is 9.89. The summed E-state index contributed by atoms with van der Waals surface area (Å²) in [5, 5.41) is 6.30. The Morgan fingerprint density at radius 1 is 1.16 bits per heavy atom. The SMILES string of the molecule is O=C(NC(=S)NCC1CCCCC1)c1ccccc1. The lowest BCUT2D eigenvalue weighted by Gasteiger charge is -2.22. The van der Waals surface area contributed by atoms with Gasteiger partial charge in [-0.2, -0.15) is 0 Å². The molecule has 102 valence electrons. The smallest absolute Gasteiger partial charge is 0.257 e. The molecule has 1 saturated carbocycles. The van der Waals surface area contributed by atoms with Crippen LogP contribution >= 0.6 is 12.2 Å². The molecule has 0 unspecified atom stereocenters. The molecule has 1 fully saturated rings. The van der Waals surface area contributed by atoms with Gasteiger partial charge in [-0.25, -0.2) is 0 Å². The van der Waals surface area contributed by atoms with Crippen LogP contribution in [-0.2, 0) is 0 Å². The first kappa shape index (κ1) is 14.0. The van der Waals surface area contributed by atoms with Gasteiger partial charge in [0.25, 0.3) is 5.91 Å². The third-order valence-corrected chi connectivity index (χ3v) is 3.79. The molecule has 3 nitrogen and oxygen atoms in total. The van der Waals surface area contributed by atoms with Crippen molar-refractivity contribution < 1.29 is 4.79 Å². The Morgan fingerprint density at radius 3 is 2.53 bits per heavy atom. The van der Waals surface area contributed by atoms with Crippen LogP contribution in [0.4, 0.5) is 0 Å². The first-order chi connectivity index (χ1) is 9.25. The van der Waals surface area contributed by atoms with Crippen molar-refractivity contribution in [3.63, 3.8) is 0 Å². The van der Waals surface area contributed by atoms with E-state index in [0.29, 0.717) is 16.6 Å². The van der Waals surface area contributed by atoms with E-state index < -0.39 is 0 Å². The summed E-state index contributed by atoms with van der Waals surface area (Å²) in [4.78, 5) is 11.9. The molecule has 0 spiro atoms. The molecule has 1 aromatic rings. The van der Waals surface area contributed by atoms with Gasteiger partial charge < -0.3 is 5.32 Å². The second-order valence-corrected chi connectivity index (χ2v) is 5.44. The topological polar surface area (TPSA) is 41.1 Å². The normalized spacial score (nSPS) is 15.8. The predicted molar refractivity (Wildman–Crippen MR) is 81.1 cm³/mol. The minimum atomic E-state index is -0.151. The summed E-state index contributed by atoms with van der Waals surface area (Å²) >= 11 is 5.16. The maximum atomic E-state index is 11.9. The fraction of sp³-hybridized carbons (Fsp3) is 0.467. The van der Waals surface area contributed by atoms with Crippen molar-refractivity contribution in [3.8, 4) is 0 Å². The van der Waals surface area contributed by atoms with Crippen LogP contribution in [0.25, 0.3) is 0 Å². The molecule has 0 aliphatic heterocycles. The monoisotopic (exact) mass is 276 g/mol. The molecule has 1 aliphatic carbocycles. The summed E-state index contributed by atoms with van der Waals surface area (Å²) in [6.45, 7) is 0.869. The summed E-state index contributed by atoms with van der Waals surface area (Å²) in [6.07, 6.45) is 6.52. The van der Waals surface area contributed by atoms with E-state index in [1.54, 1.807) is 12.1 Å². The lowest BCUT2D eigenvalue weighted by Crippen LogP contribution is -2.41. The Morgan fingerprint density at radius 2 is 1.84 bits per heavy atom. The molecule has 0 radical (unpaired) electrons. The van der Waals surface area contributed by atoms with E-state index in [1.165, 1.54) is 32.1 Å². The van der Waals surface area contributed by atoms with Crippen molar-refractivity contribution in [2.75, 3.05) is 6.54 Å². The quantitative estimate of drug-likeness (QED) is 0.834. The molecule has 0 atom stereocenters. The number of rotatable bonds is 3. The minimum absolute atomic E-state index is 0.151. The fourth-order valence-corrected chi connectivity index (χ4v) is 2.61. The van der Waals surface area contributed by atoms with Gasteiger partial charge in [-0.05, 0) is 43.1 Å². The number of carbonyl (C=O) groups excluding carboxylic acids is 1. The number of nitrogens with one attached hydrogen (secondary N) is 2. The Kier molecular flexibility index (Phi) is 5.33. The molecule has 2 N–H and O–H groups in total. The van der Waals surface area contributed by atoms with E-state index in [9.17, 15) is 4.79 Å². The third kappa shape index (κ3) is 4.63. The van der Waals surface area contributed by atoms with E-state index in [2.05, 4.69) is 10.6 Å². The zero-order valence-electron chi connectivity index (χ0n) is 11.0. The highest BCUT2D eigenvalue weighted by Gasteiger charge is 2.14. The van der Waals surface area contributed by atoms with Gasteiger partial charge in [-0.15, -0.1) is 0 Å². The van der Waals surface area contributed by atoms with Crippen molar-refractivity contribution in [1.29, 1.82) is 0 Å². The number of amides is 1. The lowest BCUT2D eigenvalue weighted by molar-refractivity contribution is 0.0976. The van der Waals surface area contributed by atoms with Gasteiger partial charge in [-0.3, -0.25) is 10.1 Å². The van der Waals surface area contributed by atoms with E-state index in [0.717, 1.165) is 6.54 Å². The maximum absolute atomic E-state index is 11.9. The van der Waals surface area contributed by atoms with Gasteiger partial charge in [-0.1, -0.05) is 37.5 Å². The Bertz CT molecular complexity index is 427. The third-order valence-electron chi connectivity index (χ3n) is 3.54. The number of hydrogen-bond donors (Lipinski definition) is 2. The zero-order valence-corrected chi connectivity index (χ0v) is 11.8. The molecule has 1 aromatic carbocycles. The molecule has 1 amide bonds. The van der Waals surface area contributed by atoms with Crippen LogP contribution in [0.1, 0.15) is 42.5 Å². The standard InChI is InChI=1S/C15H20N2OS/c18-14(13-9-5-2-6-10-13)17-15(19)16-11-12-7-3-1-4-8-12/h2,5-6,9-10,12H,1,3-4,7-8,11H2,(H2,16,17,18,19). The summed E-state index contributed by atoms with van der Waals surface area (Å²) in [5.74, 6) is 0.544. The molecular weight excluding hydrogens is 256 g/mol. The Labute approximate surface area is 119 Å². The van der Waals surface area contributed by atoms with Crippen molar-refractivity contribution >= 4 is 23.2 Å². The maximum Gasteiger partial charge on any atom is 0.257 e. The molecule has 19 heavy (non-hydrogen) atoms. The first-order valence-corrected chi connectivity index (χ1v) is 7.31. The molecule has 0 saturated heterocycles. The van der Waals surface area contributed by atoms with Gasteiger partial charge in [0.05, 0.1) is 0 Å². The highest BCUT2D eigenvalue weighted by Crippen LogP contribution is 2.22. The minimum Gasteiger partial charge on any atom is -0.362 e. The largest absolute Gasteiger partial charge is 0.362 e. The van der Waals surface area contributed by atoms with Crippen molar-refractivity contribution in [2.24, 2.45) is 5.92 Å². The van der Waals surface area contributed by atoms with Crippen LogP contribution in [-0.4, -0.2) is 17.6 Å². The van der Waals surface area contributed by atoms with E-state index in [1.807, 2.05) is 18.2 Å². The summed E-state index contributed by atoms with van der Waals surface area (Å²) < 4.78 is 0. The zero-order chi connectivity index (χ0) is 13.5. The van der Waals surface area contributed by atoms with Crippen molar-refractivity contribution in [2.45, 2.75) is 32.1 Å². The van der Waals surface area contributed by atoms with Crippen LogP contribution in [0.5, 0.6) is 0 Å². The first-order valence-electron chi connectivity index (χ1n) is 6.90. The van der Waals surface area contributed by atoms with Crippen LogP contribution in [0.3, 0.4) is 0 Å². The van der Waals surface area contributed by atoms with Gasteiger partial charge in [0, 0.05) is 12.1 Å². The van der Waals surface area contributed by atoms with E-state index >= 15 is 0 Å². The van der Waals surface area contributed by atoms with Gasteiger partial charge in [0.15, 0.2) is 5.11 Å². The van der Waals surface area contributed by atoms with Crippen LogP contribution in [0, 0.1) is 5.92 Å². The van der Waals surface area contributed by atoms with Crippen LogP contribution in [0.15, 0.2) is 30.3 Å². The second-order valence-electron chi connectivity index (χ2n) is 5.03. The van der Waals surface area contributed by atoms with Gasteiger partial charge in [0.1, 0.15) is 0 Å². The van der Waals surface area contributed by atoms with Crippen molar-refractivity contribution in [3.05, 3.63) is 35.9 Å². The van der Waals surface area contributed by atoms with Gasteiger partial charge >= 0.3 is 0 Å². The van der Waals surface area contributed by atoms with Crippen LogP contribution < -0.4 is 10.6 Å². The molecule has 0 aromatic heterocycles. The number of benzene rings is 1. The fourth-order valence-electron chi connectivity index (χ4n) is 2.44. The highest BCUT2D eigenvalue weighted by atomic mass is 32.1. The van der Waals surface area contributed by atoms with E-state index in [4.69, 9.17) is 12.2 Å². The molecule has 2 rings (SSSR count). The molecular formula is C15H20N2OS. The summed E-state index contributed by atoms with van der Waals surface area (Å²) in [6, 6.07) is 9.12. The summed E-state index contributed by atoms with van der Waals surface area (Å²) in [5.41, 5.74) is 0.629. The number of thiocarbonyl (C=S) groups is 1.